The molecular weight excluding hydrogens is 598 g/mol. The van der Waals surface area contributed by atoms with E-state index in [9.17, 15) is 13.2 Å². The third-order valence-electron chi connectivity index (χ3n) is 6.19. The SMILES string of the molecule is COc1cc2nc(NC(=O)C(Oc3ccc(C#N)cc3)c3cccc(S(=O)(=O)c4ccc(Cl)cc4)c3)sc2cc1OC. The molecule has 1 aromatic heterocycles. The van der Waals surface area contributed by atoms with Crippen molar-refractivity contribution >= 4 is 54.0 Å². The van der Waals surface area contributed by atoms with Crippen molar-refractivity contribution < 1.29 is 27.4 Å². The van der Waals surface area contributed by atoms with Gasteiger partial charge in [0.2, 0.25) is 15.9 Å². The second kappa shape index (κ2) is 12.1. The summed E-state index contributed by atoms with van der Waals surface area (Å²) in [6.45, 7) is 0. The topological polar surface area (TPSA) is 128 Å². The Morgan fingerprint density at radius 3 is 2.31 bits per heavy atom. The Labute approximate surface area is 250 Å². The summed E-state index contributed by atoms with van der Waals surface area (Å²) in [7, 11) is -0.878. The van der Waals surface area contributed by atoms with Crippen molar-refractivity contribution in [1.82, 2.24) is 4.98 Å². The Bertz CT molecular complexity index is 1880. The summed E-state index contributed by atoms with van der Waals surface area (Å²) < 4.78 is 44.3. The fourth-order valence-electron chi connectivity index (χ4n) is 4.09. The second-order valence-corrected chi connectivity index (χ2v) is 12.3. The maximum absolute atomic E-state index is 13.7. The number of hydrogen-bond acceptors (Lipinski definition) is 9. The number of rotatable bonds is 9. The highest BCUT2D eigenvalue weighted by Crippen LogP contribution is 2.37. The number of nitrogens with zero attached hydrogens (tertiary/aromatic N) is 2. The van der Waals surface area contributed by atoms with E-state index in [1.165, 1.54) is 68.0 Å². The molecule has 0 aliphatic carbocycles. The van der Waals surface area contributed by atoms with E-state index in [0.29, 0.717) is 38.5 Å². The Kier molecular flexibility index (Phi) is 8.31. The number of thiazole rings is 1. The predicted octanol–water partition coefficient (Wildman–Crippen LogP) is 6.43. The number of carbonyl (C=O) groups excluding carboxylic acids is 1. The number of hydrogen-bond donors (Lipinski definition) is 1. The van der Waals surface area contributed by atoms with Gasteiger partial charge in [0.15, 0.2) is 16.6 Å². The number of nitriles is 1. The fourth-order valence-corrected chi connectivity index (χ4v) is 6.41. The lowest BCUT2D eigenvalue weighted by Gasteiger charge is -2.19. The summed E-state index contributed by atoms with van der Waals surface area (Å²) in [4.78, 5) is 18.2. The van der Waals surface area contributed by atoms with Gasteiger partial charge in [0.25, 0.3) is 5.91 Å². The van der Waals surface area contributed by atoms with E-state index in [4.69, 9.17) is 31.1 Å². The highest BCUT2D eigenvalue weighted by atomic mass is 35.5. The quantitative estimate of drug-likeness (QED) is 0.200. The minimum atomic E-state index is -3.92. The number of halogens is 1. The van der Waals surface area contributed by atoms with Crippen molar-refractivity contribution in [3.8, 4) is 23.3 Å². The molecule has 5 rings (SSSR count). The molecule has 0 radical (unpaired) electrons. The Morgan fingerprint density at radius 2 is 1.64 bits per heavy atom. The van der Waals surface area contributed by atoms with E-state index in [2.05, 4.69) is 10.3 Å². The normalized spacial score (nSPS) is 11.9. The fraction of sp³-hybridized carbons (Fsp3) is 0.100. The smallest absolute Gasteiger partial charge is 0.271 e. The van der Waals surface area contributed by atoms with Gasteiger partial charge in [-0.05, 0) is 60.7 Å². The number of nitrogens with one attached hydrogen (secondary N) is 1. The molecule has 1 amide bonds. The molecule has 9 nitrogen and oxygen atoms in total. The lowest BCUT2D eigenvalue weighted by Crippen LogP contribution is -2.26. The van der Waals surface area contributed by atoms with Crippen LogP contribution in [0.5, 0.6) is 17.2 Å². The molecule has 0 fully saturated rings. The van der Waals surface area contributed by atoms with Crippen molar-refractivity contribution in [3.05, 3.63) is 101 Å². The zero-order chi connectivity index (χ0) is 29.9. The zero-order valence-electron chi connectivity index (χ0n) is 22.2. The van der Waals surface area contributed by atoms with Crippen molar-refractivity contribution in [2.45, 2.75) is 15.9 Å². The largest absolute Gasteiger partial charge is 0.493 e. The molecule has 212 valence electrons. The summed E-state index contributed by atoms with van der Waals surface area (Å²) in [5.41, 5.74) is 1.30. The van der Waals surface area contributed by atoms with Gasteiger partial charge in [-0.1, -0.05) is 35.1 Å². The van der Waals surface area contributed by atoms with E-state index < -0.39 is 21.8 Å². The van der Waals surface area contributed by atoms with Gasteiger partial charge in [-0.3, -0.25) is 10.1 Å². The number of amides is 1. The first-order chi connectivity index (χ1) is 20.2. The zero-order valence-corrected chi connectivity index (χ0v) is 24.6. The van der Waals surface area contributed by atoms with Crippen molar-refractivity contribution in [1.29, 1.82) is 5.26 Å². The van der Waals surface area contributed by atoms with Crippen molar-refractivity contribution in [2.24, 2.45) is 0 Å². The van der Waals surface area contributed by atoms with Crippen LogP contribution in [0.15, 0.2) is 94.7 Å². The van der Waals surface area contributed by atoms with Crippen LogP contribution in [0.2, 0.25) is 5.02 Å². The van der Waals surface area contributed by atoms with Crippen molar-refractivity contribution in [3.63, 3.8) is 0 Å². The minimum Gasteiger partial charge on any atom is -0.493 e. The monoisotopic (exact) mass is 619 g/mol. The molecular formula is C30H22ClN3O6S2. The molecule has 1 heterocycles. The number of methoxy groups -OCH3 is 2. The average Bonchev–Trinajstić information content (AvgIpc) is 3.40. The lowest BCUT2D eigenvalue weighted by atomic mass is 10.1. The third-order valence-corrected chi connectivity index (χ3v) is 9.15. The number of anilines is 1. The maximum atomic E-state index is 13.7. The molecule has 0 aliphatic rings. The summed E-state index contributed by atoms with van der Waals surface area (Å²) in [6, 6.07) is 23.5. The molecule has 0 saturated heterocycles. The standard InChI is InChI=1S/C30H22ClN3O6S2/c1-38-25-15-24-27(16-26(25)39-2)41-30(33-24)34-29(35)28(40-21-10-6-18(17-32)7-11-21)19-4-3-5-23(14-19)42(36,37)22-12-8-20(31)9-13-22/h3-16,28H,1-2H3,(H,33,34,35). The highest BCUT2D eigenvalue weighted by molar-refractivity contribution is 7.91. The maximum Gasteiger partial charge on any atom is 0.271 e. The minimum absolute atomic E-state index is 0.0253. The molecule has 4 aromatic carbocycles. The van der Waals surface area contributed by atoms with Gasteiger partial charge in [-0.15, -0.1) is 0 Å². The average molecular weight is 620 g/mol. The van der Waals surface area contributed by atoms with E-state index in [-0.39, 0.29) is 15.4 Å². The van der Waals surface area contributed by atoms with Crippen molar-refractivity contribution in [2.75, 3.05) is 19.5 Å². The summed E-state index contributed by atoms with van der Waals surface area (Å²) in [5, 5.41) is 12.6. The Hall–Kier alpha value is -4.63. The van der Waals surface area contributed by atoms with E-state index >= 15 is 0 Å². The number of aromatic nitrogens is 1. The first-order valence-electron chi connectivity index (χ1n) is 12.3. The van der Waals surface area contributed by atoms with Gasteiger partial charge in [0, 0.05) is 22.7 Å². The number of carbonyl (C=O) groups is 1. The predicted molar refractivity (Wildman–Crippen MR) is 159 cm³/mol. The van der Waals surface area contributed by atoms with E-state index in [0.717, 1.165) is 4.70 Å². The van der Waals surface area contributed by atoms with Crippen LogP contribution in [0.25, 0.3) is 10.2 Å². The third kappa shape index (κ3) is 6.01. The molecule has 5 aromatic rings. The highest BCUT2D eigenvalue weighted by Gasteiger charge is 2.27. The molecule has 0 aliphatic heterocycles. The van der Waals surface area contributed by atoms with Crippen LogP contribution >= 0.6 is 22.9 Å². The van der Waals surface area contributed by atoms with Gasteiger partial charge in [-0.2, -0.15) is 5.26 Å². The van der Waals surface area contributed by atoms with Crippen LogP contribution in [-0.2, 0) is 14.6 Å². The molecule has 1 unspecified atom stereocenters. The lowest BCUT2D eigenvalue weighted by molar-refractivity contribution is -0.123. The molecule has 0 saturated carbocycles. The Balaban J connectivity index is 1.51. The summed E-state index contributed by atoms with van der Waals surface area (Å²) >= 11 is 7.16. The van der Waals surface area contributed by atoms with Gasteiger partial charge >= 0.3 is 0 Å². The van der Waals surface area contributed by atoms with Crippen LogP contribution in [0.3, 0.4) is 0 Å². The van der Waals surface area contributed by atoms with E-state index in [1.807, 2.05) is 6.07 Å². The summed E-state index contributed by atoms with van der Waals surface area (Å²) in [6.07, 6.45) is -1.27. The van der Waals surface area contributed by atoms with Gasteiger partial charge in [0.1, 0.15) is 5.75 Å². The molecule has 12 heteroatoms. The molecule has 0 bridgehead atoms. The van der Waals surface area contributed by atoms with Gasteiger partial charge in [-0.25, -0.2) is 13.4 Å². The van der Waals surface area contributed by atoms with Crippen LogP contribution in [0.1, 0.15) is 17.2 Å². The first-order valence-corrected chi connectivity index (χ1v) is 15.0. The number of ether oxygens (including phenoxy) is 3. The van der Waals surface area contributed by atoms with Crippen LogP contribution < -0.4 is 19.5 Å². The van der Waals surface area contributed by atoms with Crippen LogP contribution in [-0.4, -0.2) is 33.5 Å². The molecule has 42 heavy (non-hydrogen) atoms. The van der Waals surface area contributed by atoms with Gasteiger partial charge in [0.05, 0.1) is 45.9 Å². The van der Waals surface area contributed by atoms with Gasteiger partial charge < -0.3 is 14.2 Å². The summed E-state index contributed by atoms with van der Waals surface area (Å²) in [5.74, 6) is 0.735. The number of fused-ring (bicyclic) bond motifs is 1. The first kappa shape index (κ1) is 28.9. The number of sulfone groups is 1. The second-order valence-electron chi connectivity index (χ2n) is 8.85. The number of benzene rings is 4. The van der Waals surface area contributed by atoms with E-state index in [1.54, 1.807) is 42.5 Å². The molecule has 1 N–H and O–H groups in total. The molecule has 0 spiro atoms. The molecule has 1 atom stereocenters. The van der Waals surface area contributed by atoms with Crippen LogP contribution in [0.4, 0.5) is 5.13 Å². The Morgan fingerprint density at radius 1 is 0.952 bits per heavy atom. The van der Waals surface area contributed by atoms with Crippen LogP contribution in [0, 0.1) is 11.3 Å².